The predicted octanol–water partition coefficient (Wildman–Crippen LogP) is -0.817. The lowest BCUT2D eigenvalue weighted by atomic mass is 9.90. The molecule has 1 N–H and O–H groups in total. The van der Waals surface area contributed by atoms with Gasteiger partial charge in [-0.05, 0) is 13.8 Å². The van der Waals surface area contributed by atoms with Gasteiger partial charge in [0.25, 0.3) is 5.78 Å². The molecule has 0 radical (unpaired) electrons. The number of Topliss-reactive ketones (excluding diaryl/α,β-unsaturated/α-hetero) is 1. The molecule has 0 aromatic rings. The van der Waals surface area contributed by atoms with E-state index in [1.165, 1.54) is 24.8 Å². The third-order valence-electron chi connectivity index (χ3n) is 3.28. The maximum absolute atomic E-state index is 12.1. The van der Waals surface area contributed by atoms with Gasteiger partial charge in [-0.2, -0.15) is 4.79 Å². The Morgan fingerprint density at radius 1 is 1.62 bits per heavy atom. The van der Waals surface area contributed by atoms with Crippen molar-refractivity contribution >= 4 is 23.4 Å². The van der Waals surface area contributed by atoms with Crippen LogP contribution >= 0.6 is 0 Å². The van der Waals surface area contributed by atoms with E-state index in [1.54, 1.807) is 0 Å². The molecule has 1 fully saturated rings. The fourth-order valence-corrected chi connectivity index (χ4v) is 1.92. The number of hydrogen-bond acceptors (Lipinski definition) is 5. The third kappa shape index (κ3) is 3.42. The molecule has 1 rings (SSSR count). The minimum Gasteiger partial charge on any atom is -0.453 e. The van der Waals surface area contributed by atoms with E-state index in [-0.39, 0.29) is 19.1 Å². The fraction of sp³-hybridized carbons (Fsp3) is 0.538. The first-order chi connectivity index (χ1) is 9.84. The number of nitrogens with zero attached hydrogens (tertiary/aromatic N) is 3. The summed E-state index contributed by atoms with van der Waals surface area (Å²) in [7, 11) is 0. The highest BCUT2D eigenvalue weighted by molar-refractivity contribution is 6.63. The first kappa shape index (κ1) is 16.7. The summed E-state index contributed by atoms with van der Waals surface area (Å²) in [4.78, 5) is 39.2. The van der Waals surface area contributed by atoms with Crippen LogP contribution in [0.25, 0.3) is 5.53 Å². The summed E-state index contributed by atoms with van der Waals surface area (Å²) in [5.74, 6) is -2.86. The molecule has 8 heteroatoms. The van der Waals surface area contributed by atoms with Gasteiger partial charge in [-0.15, -0.1) is 0 Å². The second kappa shape index (κ2) is 6.92. The summed E-state index contributed by atoms with van der Waals surface area (Å²) in [6, 6.07) is -0.977. The van der Waals surface area contributed by atoms with Crippen LogP contribution in [0.3, 0.4) is 0 Å². The Balaban J connectivity index is 2.74. The van der Waals surface area contributed by atoms with Crippen LogP contribution in [0.2, 0.25) is 0 Å². The molecule has 0 aliphatic carbocycles. The van der Waals surface area contributed by atoms with Crippen molar-refractivity contribution in [2.75, 3.05) is 13.2 Å². The van der Waals surface area contributed by atoms with Gasteiger partial charge in [0.15, 0.2) is 0 Å². The highest BCUT2D eigenvalue weighted by Crippen LogP contribution is 2.24. The molecule has 1 amide bonds. The third-order valence-corrected chi connectivity index (χ3v) is 3.28. The highest BCUT2D eigenvalue weighted by atomic mass is 16.5. The van der Waals surface area contributed by atoms with Gasteiger partial charge in [0.2, 0.25) is 5.91 Å². The average Bonchev–Trinajstić information content (AvgIpc) is 2.43. The van der Waals surface area contributed by atoms with Crippen LogP contribution in [0, 0.1) is 5.92 Å². The lowest BCUT2D eigenvalue weighted by Gasteiger charge is -2.42. The van der Waals surface area contributed by atoms with Crippen molar-refractivity contribution in [1.82, 2.24) is 4.90 Å². The molecule has 1 saturated heterocycles. The summed E-state index contributed by atoms with van der Waals surface area (Å²) < 4.78 is 4.62. The van der Waals surface area contributed by atoms with Crippen molar-refractivity contribution in [2.45, 2.75) is 26.0 Å². The number of amides is 1. The molecular formula is C13H17N3O5. The SMILES string of the molecule is C=CCOC(=O)C(=[N+]=[N-])C(=O)C(C)N1C[C@@H]([C@@H](C)O)C1=O. The van der Waals surface area contributed by atoms with Gasteiger partial charge < -0.3 is 20.3 Å². The largest absolute Gasteiger partial charge is 0.453 e. The van der Waals surface area contributed by atoms with Gasteiger partial charge in [-0.25, -0.2) is 4.79 Å². The lowest BCUT2D eigenvalue weighted by Crippen LogP contribution is -2.62. The van der Waals surface area contributed by atoms with Crippen LogP contribution < -0.4 is 0 Å². The molecular weight excluding hydrogens is 278 g/mol. The maximum Gasteiger partial charge on any atom is 0.443 e. The van der Waals surface area contributed by atoms with Crippen molar-refractivity contribution < 1.29 is 29.0 Å². The molecule has 1 aliphatic rings. The number of esters is 1. The Morgan fingerprint density at radius 2 is 2.24 bits per heavy atom. The summed E-state index contributed by atoms with van der Waals surface area (Å²) in [6.07, 6.45) is 0.493. The molecule has 0 saturated carbocycles. The number of hydrogen-bond donors (Lipinski definition) is 1. The van der Waals surface area contributed by atoms with E-state index < -0.39 is 35.5 Å². The number of aliphatic hydroxyl groups is 1. The van der Waals surface area contributed by atoms with E-state index in [9.17, 15) is 19.5 Å². The number of rotatable bonds is 7. The molecule has 114 valence electrons. The van der Waals surface area contributed by atoms with Crippen molar-refractivity contribution in [3.8, 4) is 0 Å². The second-order valence-electron chi connectivity index (χ2n) is 4.71. The monoisotopic (exact) mass is 295 g/mol. The zero-order chi connectivity index (χ0) is 16.2. The van der Waals surface area contributed by atoms with Crippen molar-refractivity contribution in [2.24, 2.45) is 5.92 Å². The Hall–Kier alpha value is -2.31. The van der Waals surface area contributed by atoms with Crippen LogP contribution in [0.1, 0.15) is 13.8 Å². The van der Waals surface area contributed by atoms with Gasteiger partial charge in [-0.1, -0.05) is 12.7 Å². The number of likely N-dealkylation sites (tertiary alicyclic amines) is 1. The maximum atomic E-state index is 12.1. The van der Waals surface area contributed by atoms with Crippen LogP contribution in [0.4, 0.5) is 0 Å². The number of ketones is 1. The minimum absolute atomic E-state index is 0.133. The van der Waals surface area contributed by atoms with Crippen molar-refractivity contribution in [3.05, 3.63) is 18.2 Å². The topological polar surface area (TPSA) is 120 Å². The quantitative estimate of drug-likeness (QED) is 0.125. The van der Waals surface area contributed by atoms with Crippen LogP contribution in [0.15, 0.2) is 12.7 Å². The number of ether oxygens (including phenoxy) is 1. The molecule has 0 aromatic heterocycles. The molecule has 3 atom stereocenters. The Labute approximate surface area is 121 Å². The molecule has 1 unspecified atom stereocenters. The van der Waals surface area contributed by atoms with Gasteiger partial charge in [0, 0.05) is 6.54 Å². The van der Waals surface area contributed by atoms with Crippen molar-refractivity contribution in [1.29, 1.82) is 0 Å². The van der Waals surface area contributed by atoms with Crippen LogP contribution in [-0.2, 0) is 19.1 Å². The molecule has 21 heavy (non-hydrogen) atoms. The summed E-state index contributed by atoms with van der Waals surface area (Å²) >= 11 is 0. The first-order valence-corrected chi connectivity index (χ1v) is 6.38. The summed E-state index contributed by atoms with van der Waals surface area (Å²) in [6.45, 7) is 6.30. The standard InChI is InChI=1S/C13H17N3O5/c1-4-5-21-13(20)10(15-14)11(18)7(2)16-6-9(8(3)17)12(16)19/h4,7-9,17H,1,5-6H2,2-3H3/t7?,8-,9+/m1/s1. The van der Waals surface area contributed by atoms with Gasteiger partial charge in [0.05, 0.1) is 12.0 Å². The van der Waals surface area contributed by atoms with Crippen molar-refractivity contribution in [3.63, 3.8) is 0 Å². The lowest BCUT2D eigenvalue weighted by molar-refractivity contribution is -0.160. The number of carbonyl (C=O) groups excluding carboxylic acids is 3. The van der Waals surface area contributed by atoms with Crippen LogP contribution in [0.5, 0.6) is 0 Å². The molecule has 1 aliphatic heterocycles. The van der Waals surface area contributed by atoms with E-state index in [4.69, 9.17) is 5.53 Å². The number of β-lactam (4-membered cyclic amide) rings is 1. The van der Waals surface area contributed by atoms with Gasteiger partial charge in [-0.3, -0.25) is 9.59 Å². The minimum atomic E-state index is -1.09. The van der Waals surface area contributed by atoms with Gasteiger partial charge in [0.1, 0.15) is 12.6 Å². The molecule has 0 aromatic carbocycles. The number of carbonyl (C=O) groups is 3. The summed E-state index contributed by atoms with van der Waals surface area (Å²) in [5.41, 5.74) is 8.01. The Bertz CT molecular complexity index is 522. The van der Waals surface area contributed by atoms with E-state index in [2.05, 4.69) is 16.1 Å². The zero-order valence-corrected chi connectivity index (χ0v) is 11.9. The molecule has 1 heterocycles. The zero-order valence-electron chi connectivity index (χ0n) is 11.9. The van der Waals surface area contributed by atoms with E-state index >= 15 is 0 Å². The van der Waals surface area contributed by atoms with Crippen LogP contribution in [-0.4, -0.2) is 63.5 Å². The smallest absolute Gasteiger partial charge is 0.443 e. The Morgan fingerprint density at radius 3 is 2.67 bits per heavy atom. The van der Waals surface area contributed by atoms with E-state index in [0.29, 0.717) is 0 Å². The predicted molar refractivity (Wildman–Crippen MR) is 71.1 cm³/mol. The van der Waals surface area contributed by atoms with E-state index in [0.717, 1.165) is 0 Å². The average molecular weight is 295 g/mol. The molecule has 0 spiro atoms. The second-order valence-corrected chi connectivity index (χ2v) is 4.71. The fourth-order valence-electron chi connectivity index (χ4n) is 1.92. The summed E-state index contributed by atoms with van der Waals surface area (Å²) in [5, 5.41) is 9.34. The number of aliphatic hydroxyl groups excluding tert-OH is 1. The van der Waals surface area contributed by atoms with E-state index in [1.807, 2.05) is 0 Å². The normalized spacial score (nSPS) is 19.9. The highest BCUT2D eigenvalue weighted by Gasteiger charge is 2.47. The molecule has 0 bridgehead atoms. The first-order valence-electron chi connectivity index (χ1n) is 6.38. The molecule has 8 nitrogen and oxygen atoms in total. The Kier molecular flexibility index (Phi) is 5.52. The van der Waals surface area contributed by atoms with Gasteiger partial charge >= 0.3 is 11.7 Å².